The highest BCUT2D eigenvalue weighted by atomic mass is 32.2. The van der Waals surface area contributed by atoms with Crippen molar-refractivity contribution in [2.75, 3.05) is 5.73 Å². The lowest BCUT2D eigenvalue weighted by Crippen LogP contribution is -2.14. The number of hydrogen-bond acceptors (Lipinski definition) is 4. The number of primary sulfonamides is 1. The van der Waals surface area contributed by atoms with Crippen LogP contribution in [0.25, 0.3) is 5.69 Å². The van der Waals surface area contributed by atoms with Crippen molar-refractivity contribution in [3.8, 4) is 5.69 Å². The first-order valence-electron chi connectivity index (χ1n) is 5.25. The summed E-state index contributed by atoms with van der Waals surface area (Å²) in [4.78, 5) is -0.0761. The SMILES string of the molecule is Cc1cc(C)n(-c2ccc(S(N)(=O)=O)c(N)c2)n1. The van der Waals surface area contributed by atoms with E-state index in [-0.39, 0.29) is 10.6 Å². The molecule has 4 N–H and O–H groups in total. The van der Waals surface area contributed by atoms with Crippen molar-refractivity contribution in [1.29, 1.82) is 0 Å². The predicted octanol–water partition coefficient (Wildman–Crippen LogP) is 0.719. The number of hydrogen-bond donors (Lipinski definition) is 2. The van der Waals surface area contributed by atoms with Crippen LogP contribution in [0.15, 0.2) is 29.2 Å². The molecule has 0 radical (unpaired) electrons. The van der Waals surface area contributed by atoms with Crippen LogP contribution in [-0.4, -0.2) is 18.2 Å². The van der Waals surface area contributed by atoms with Gasteiger partial charge in [0.2, 0.25) is 10.0 Å². The largest absolute Gasteiger partial charge is 0.398 e. The highest BCUT2D eigenvalue weighted by molar-refractivity contribution is 7.89. The first-order valence-corrected chi connectivity index (χ1v) is 6.79. The third-order valence-electron chi connectivity index (χ3n) is 2.55. The zero-order valence-corrected chi connectivity index (χ0v) is 10.9. The Bertz CT molecular complexity index is 704. The van der Waals surface area contributed by atoms with E-state index in [0.29, 0.717) is 5.69 Å². The summed E-state index contributed by atoms with van der Waals surface area (Å²) in [7, 11) is -3.79. The molecule has 0 spiro atoms. The molecule has 96 valence electrons. The van der Waals surface area contributed by atoms with E-state index in [2.05, 4.69) is 5.10 Å². The topological polar surface area (TPSA) is 104 Å². The summed E-state index contributed by atoms with van der Waals surface area (Å²) in [5, 5.41) is 9.34. The quantitative estimate of drug-likeness (QED) is 0.781. The van der Waals surface area contributed by atoms with E-state index >= 15 is 0 Å². The van der Waals surface area contributed by atoms with Gasteiger partial charge in [0, 0.05) is 5.69 Å². The lowest BCUT2D eigenvalue weighted by atomic mass is 10.3. The smallest absolute Gasteiger partial charge is 0.240 e. The van der Waals surface area contributed by atoms with Crippen LogP contribution in [0, 0.1) is 13.8 Å². The minimum absolute atomic E-state index is 0.0761. The second kappa shape index (κ2) is 4.11. The number of nitrogen functional groups attached to an aromatic ring is 1. The van der Waals surface area contributed by atoms with Crippen molar-refractivity contribution in [3.05, 3.63) is 35.7 Å². The molecule has 0 saturated carbocycles. The molecule has 1 aromatic heterocycles. The molecule has 0 saturated heterocycles. The number of nitrogens with zero attached hydrogens (tertiary/aromatic N) is 2. The molecule has 0 amide bonds. The van der Waals surface area contributed by atoms with Crippen LogP contribution in [0.3, 0.4) is 0 Å². The summed E-state index contributed by atoms with van der Waals surface area (Å²) >= 11 is 0. The van der Waals surface area contributed by atoms with Crippen molar-refractivity contribution in [2.24, 2.45) is 5.14 Å². The van der Waals surface area contributed by atoms with Gasteiger partial charge in [0.05, 0.1) is 17.1 Å². The van der Waals surface area contributed by atoms with Crippen molar-refractivity contribution >= 4 is 15.7 Å². The first kappa shape index (κ1) is 12.6. The number of anilines is 1. The number of benzene rings is 1. The molecule has 2 aromatic rings. The van der Waals surface area contributed by atoms with Crippen molar-refractivity contribution in [2.45, 2.75) is 18.7 Å². The average Bonchev–Trinajstić information content (AvgIpc) is 2.55. The van der Waals surface area contributed by atoms with E-state index in [4.69, 9.17) is 10.9 Å². The molecule has 6 nitrogen and oxygen atoms in total. The maximum absolute atomic E-state index is 11.2. The number of nitrogens with two attached hydrogens (primary N) is 2. The van der Waals surface area contributed by atoms with E-state index in [0.717, 1.165) is 11.4 Å². The van der Waals surface area contributed by atoms with Crippen molar-refractivity contribution < 1.29 is 8.42 Å². The summed E-state index contributed by atoms with van der Waals surface area (Å²) in [5.41, 5.74) is 8.33. The minimum Gasteiger partial charge on any atom is -0.398 e. The summed E-state index contributed by atoms with van der Waals surface area (Å²) < 4.78 is 24.2. The van der Waals surface area contributed by atoms with Crippen LogP contribution >= 0.6 is 0 Å². The zero-order valence-electron chi connectivity index (χ0n) is 10.1. The van der Waals surface area contributed by atoms with Gasteiger partial charge in [-0.05, 0) is 38.1 Å². The van der Waals surface area contributed by atoms with Crippen LogP contribution in [0.4, 0.5) is 5.69 Å². The number of aryl methyl sites for hydroxylation is 2. The predicted molar refractivity (Wildman–Crippen MR) is 68.8 cm³/mol. The molecule has 0 aliphatic rings. The van der Waals surface area contributed by atoms with Gasteiger partial charge in [-0.1, -0.05) is 0 Å². The van der Waals surface area contributed by atoms with Crippen LogP contribution in [0.1, 0.15) is 11.4 Å². The van der Waals surface area contributed by atoms with E-state index in [9.17, 15) is 8.42 Å². The van der Waals surface area contributed by atoms with Gasteiger partial charge in [-0.25, -0.2) is 18.2 Å². The second-order valence-corrected chi connectivity index (χ2v) is 5.64. The zero-order chi connectivity index (χ0) is 13.5. The Labute approximate surface area is 105 Å². The lowest BCUT2D eigenvalue weighted by Gasteiger charge is -2.08. The van der Waals surface area contributed by atoms with Crippen molar-refractivity contribution in [3.63, 3.8) is 0 Å². The molecule has 0 aliphatic heterocycles. The Morgan fingerprint density at radius 1 is 1.22 bits per heavy atom. The molecule has 0 unspecified atom stereocenters. The second-order valence-electron chi connectivity index (χ2n) is 4.11. The molecular formula is C11H14N4O2S. The fraction of sp³-hybridized carbons (Fsp3) is 0.182. The summed E-state index contributed by atoms with van der Waals surface area (Å²) in [6, 6.07) is 6.47. The van der Waals surface area contributed by atoms with Crippen LogP contribution < -0.4 is 10.9 Å². The van der Waals surface area contributed by atoms with Gasteiger partial charge in [0.25, 0.3) is 0 Å². The normalized spacial score (nSPS) is 11.7. The average molecular weight is 266 g/mol. The van der Waals surface area contributed by atoms with E-state index in [1.54, 1.807) is 16.8 Å². The molecular weight excluding hydrogens is 252 g/mol. The maximum atomic E-state index is 11.2. The lowest BCUT2D eigenvalue weighted by molar-refractivity contribution is 0.598. The minimum atomic E-state index is -3.79. The summed E-state index contributed by atoms with van der Waals surface area (Å²) in [6.45, 7) is 3.79. The van der Waals surface area contributed by atoms with E-state index in [1.807, 2.05) is 19.9 Å². The number of aromatic nitrogens is 2. The highest BCUT2D eigenvalue weighted by Crippen LogP contribution is 2.21. The van der Waals surface area contributed by atoms with Gasteiger partial charge < -0.3 is 5.73 Å². The molecule has 1 aromatic carbocycles. The Kier molecular flexibility index (Phi) is 2.88. The third kappa shape index (κ3) is 2.22. The Balaban J connectivity index is 2.57. The summed E-state index contributed by atoms with van der Waals surface area (Å²) in [5.74, 6) is 0. The van der Waals surface area contributed by atoms with Crippen LogP contribution in [-0.2, 0) is 10.0 Å². The van der Waals surface area contributed by atoms with Gasteiger partial charge in [-0.2, -0.15) is 5.10 Å². The monoisotopic (exact) mass is 266 g/mol. The van der Waals surface area contributed by atoms with Gasteiger partial charge in [-0.15, -0.1) is 0 Å². The first-order chi connectivity index (χ1) is 8.29. The Morgan fingerprint density at radius 2 is 1.89 bits per heavy atom. The van der Waals surface area contributed by atoms with Gasteiger partial charge in [-0.3, -0.25) is 0 Å². The van der Waals surface area contributed by atoms with E-state index < -0.39 is 10.0 Å². The standard InChI is InChI=1S/C11H14N4O2S/c1-7-5-8(2)15(14-7)9-3-4-11(10(12)6-9)18(13,16)17/h3-6H,12H2,1-2H3,(H2,13,16,17). The Morgan fingerprint density at radius 3 is 2.33 bits per heavy atom. The molecule has 0 bridgehead atoms. The number of rotatable bonds is 2. The fourth-order valence-electron chi connectivity index (χ4n) is 1.82. The van der Waals surface area contributed by atoms with Crippen molar-refractivity contribution in [1.82, 2.24) is 9.78 Å². The van der Waals surface area contributed by atoms with Gasteiger partial charge in [0.1, 0.15) is 4.90 Å². The molecule has 1 heterocycles. The molecule has 0 aliphatic carbocycles. The summed E-state index contributed by atoms with van der Waals surface area (Å²) in [6.07, 6.45) is 0. The molecule has 18 heavy (non-hydrogen) atoms. The Hall–Kier alpha value is -1.86. The van der Waals surface area contributed by atoms with Crippen LogP contribution in [0.5, 0.6) is 0 Å². The molecule has 7 heteroatoms. The van der Waals surface area contributed by atoms with Gasteiger partial charge >= 0.3 is 0 Å². The highest BCUT2D eigenvalue weighted by Gasteiger charge is 2.13. The fourth-order valence-corrected chi connectivity index (χ4v) is 2.46. The van der Waals surface area contributed by atoms with E-state index in [1.165, 1.54) is 6.07 Å². The molecule has 0 fully saturated rings. The molecule has 2 rings (SSSR count). The van der Waals surface area contributed by atoms with Crippen LogP contribution in [0.2, 0.25) is 0 Å². The number of sulfonamides is 1. The van der Waals surface area contributed by atoms with Gasteiger partial charge in [0.15, 0.2) is 0 Å². The third-order valence-corrected chi connectivity index (χ3v) is 3.54. The molecule has 0 atom stereocenters. The maximum Gasteiger partial charge on any atom is 0.240 e.